The van der Waals surface area contributed by atoms with Crippen LogP contribution in [-0.4, -0.2) is 48.1 Å². The van der Waals surface area contributed by atoms with Crippen molar-refractivity contribution in [3.05, 3.63) is 0 Å². The Hall–Kier alpha value is -0.0800. The topological polar surface area (TPSA) is 6.48 Å². The van der Waals surface area contributed by atoms with E-state index in [-0.39, 0.29) is 0 Å². The summed E-state index contributed by atoms with van der Waals surface area (Å²) in [5.74, 6) is 1.08. The van der Waals surface area contributed by atoms with Crippen molar-refractivity contribution < 1.29 is 0 Å². The Bertz CT molecular complexity index is 237. The zero-order chi connectivity index (χ0) is 11.0. The molecule has 0 aromatic heterocycles. The zero-order valence-electron chi connectivity index (χ0n) is 10.7. The van der Waals surface area contributed by atoms with Crippen LogP contribution in [0, 0.1) is 5.92 Å². The smallest absolute Gasteiger partial charge is 0.0223 e. The second kappa shape index (κ2) is 4.66. The van der Waals surface area contributed by atoms with Crippen molar-refractivity contribution in [1.29, 1.82) is 0 Å². The van der Waals surface area contributed by atoms with Crippen molar-refractivity contribution in [2.45, 2.75) is 57.5 Å². The van der Waals surface area contributed by atoms with Crippen molar-refractivity contribution in [2.75, 3.05) is 26.2 Å². The Morgan fingerprint density at radius 2 is 1.94 bits per heavy atom. The zero-order valence-corrected chi connectivity index (χ0v) is 10.7. The van der Waals surface area contributed by atoms with Gasteiger partial charge in [0.1, 0.15) is 0 Å². The van der Waals surface area contributed by atoms with Gasteiger partial charge >= 0.3 is 0 Å². The first-order valence-electron chi connectivity index (χ1n) is 7.31. The highest BCUT2D eigenvalue weighted by Crippen LogP contribution is 2.35. The van der Waals surface area contributed by atoms with Gasteiger partial charge in [0.05, 0.1) is 0 Å². The minimum atomic E-state index is 0.844. The van der Waals surface area contributed by atoms with E-state index >= 15 is 0 Å². The number of rotatable bonds is 3. The maximum atomic E-state index is 2.77. The Kier molecular flexibility index (Phi) is 3.21. The molecule has 2 unspecified atom stereocenters. The molecule has 2 heterocycles. The Labute approximate surface area is 100.0 Å². The normalized spacial score (nSPS) is 34.7. The van der Waals surface area contributed by atoms with Gasteiger partial charge in [-0.15, -0.1) is 0 Å². The molecule has 2 aliphatic heterocycles. The largest absolute Gasteiger partial charge is 0.298 e. The fraction of sp³-hybridized carbons (Fsp3) is 1.00. The van der Waals surface area contributed by atoms with E-state index in [1.807, 2.05) is 0 Å². The van der Waals surface area contributed by atoms with E-state index in [0.717, 1.165) is 18.0 Å². The van der Waals surface area contributed by atoms with E-state index in [4.69, 9.17) is 0 Å². The highest BCUT2D eigenvalue weighted by atomic mass is 15.3. The van der Waals surface area contributed by atoms with Crippen LogP contribution in [0.3, 0.4) is 0 Å². The minimum absolute atomic E-state index is 0.844. The molecule has 2 nitrogen and oxygen atoms in total. The molecular formula is C14H26N2. The monoisotopic (exact) mass is 222 g/mol. The average molecular weight is 222 g/mol. The average Bonchev–Trinajstić information content (AvgIpc) is 3.12. The SMILES string of the molecule is CC(CC1CC1)N1CCN2CCCCC2C1. The van der Waals surface area contributed by atoms with Crippen LogP contribution in [0.1, 0.15) is 45.4 Å². The summed E-state index contributed by atoms with van der Waals surface area (Å²) in [5, 5.41) is 0. The molecule has 2 heteroatoms. The molecule has 0 aromatic carbocycles. The highest BCUT2D eigenvalue weighted by Gasteiger charge is 2.32. The van der Waals surface area contributed by atoms with Gasteiger partial charge in [-0.25, -0.2) is 0 Å². The number of nitrogens with zero attached hydrogens (tertiary/aromatic N) is 2. The van der Waals surface area contributed by atoms with Crippen LogP contribution in [0.4, 0.5) is 0 Å². The van der Waals surface area contributed by atoms with Gasteiger partial charge in [-0.1, -0.05) is 19.3 Å². The molecule has 92 valence electrons. The highest BCUT2D eigenvalue weighted by molar-refractivity contribution is 4.88. The third-order valence-electron chi connectivity index (χ3n) is 4.86. The van der Waals surface area contributed by atoms with Gasteiger partial charge in [-0.3, -0.25) is 9.80 Å². The van der Waals surface area contributed by atoms with Crippen LogP contribution in [0.5, 0.6) is 0 Å². The van der Waals surface area contributed by atoms with Crippen LogP contribution in [0.25, 0.3) is 0 Å². The summed E-state index contributed by atoms with van der Waals surface area (Å²) in [6, 6.07) is 1.74. The van der Waals surface area contributed by atoms with Crippen molar-refractivity contribution in [1.82, 2.24) is 9.80 Å². The third kappa shape index (κ3) is 2.43. The van der Waals surface area contributed by atoms with Gasteiger partial charge in [0.15, 0.2) is 0 Å². The van der Waals surface area contributed by atoms with E-state index in [0.29, 0.717) is 0 Å². The molecule has 1 saturated carbocycles. The van der Waals surface area contributed by atoms with E-state index in [1.54, 1.807) is 0 Å². The predicted octanol–water partition coefficient (Wildman–Crippen LogP) is 2.35. The molecule has 3 rings (SSSR count). The van der Waals surface area contributed by atoms with Gasteiger partial charge < -0.3 is 0 Å². The Morgan fingerprint density at radius 1 is 1.06 bits per heavy atom. The summed E-state index contributed by atoms with van der Waals surface area (Å²) in [7, 11) is 0. The molecule has 3 aliphatic rings. The van der Waals surface area contributed by atoms with E-state index in [2.05, 4.69) is 16.7 Å². The second-order valence-corrected chi connectivity index (χ2v) is 6.21. The van der Waals surface area contributed by atoms with Crippen molar-refractivity contribution in [2.24, 2.45) is 5.92 Å². The summed E-state index contributed by atoms with van der Waals surface area (Å²) in [6.45, 7) is 7.84. The molecule has 1 aliphatic carbocycles. The van der Waals surface area contributed by atoms with Crippen molar-refractivity contribution in [3.8, 4) is 0 Å². The third-order valence-corrected chi connectivity index (χ3v) is 4.86. The fourth-order valence-electron chi connectivity index (χ4n) is 3.57. The van der Waals surface area contributed by atoms with Crippen LogP contribution >= 0.6 is 0 Å². The van der Waals surface area contributed by atoms with Gasteiger partial charge in [0, 0.05) is 31.7 Å². The van der Waals surface area contributed by atoms with E-state index in [1.165, 1.54) is 64.7 Å². The molecule has 0 aromatic rings. The number of fused-ring (bicyclic) bond motifs is 1. The summed E-state index contributed by atoms with van der Waals surface area (Å²) in [4.78, 5) is 5.51. The minimum Gasteiger partial charge on any atom is -0.298 e. The molecule has 2 saturated heterocycles. The molecule has 3 fully saturated rings. The number of hydrogen-bond donors (Lipinski definition) is 0. The molecule has 0 N–H and O–H groups in total. The van der Waals surface area contributed by atoms with Crippen LogP contribution in [0.15, 0.2) is 0 Å². The lowest BCUT2D eigenvalue weighted by atomic mass is 9.98. The van der Waals surface area contributed by atoms with Gasteiger partial charge in [0.2, 0.25) is 0 Å². The Morgan fingerprint density at radius 3 is 2.75 bits per heavy atom. The summed E-state index contributed by atoms with van der Waals surface area (Å²) < 4.78 is 0. The van der Waals surface area contributed by atoms with Crippen molar-refractivity contribution >= 4 is 0 Å². The lowest BCUT2D eigenvalue weighted by molar-refractivity contribution is 0.0282. The second-order valence-electron chi connectivity index (χ2n) is 6.21. The molecule has 0 radical (unpaired) electrons. The molecule has 0 bridgehead atoms. The van der Waals surface area contributed by atoms with E-state index in [9.17, 15) is 0 Å². The predicted molar refractivity (Wildman–Crippen MR) is 67.6 cm³/mol. The summed E-state index contributed by atoms with van der Waals surface area (Å²) >= 11 is 0. The first kappa shape index (κ1) is 11.0. The molecular weight excluding hydrogens is 196 g/mol. The van der Waals surface area contributed by atoms with E-state index < -0.39 is 0 Å². The number of piperidine rings is 1. The van der Waals surface area contributed by atoms with Gasteiger partial charge in [0.25, 0.3) is 0 Å². The lowest BCUT2D eigenvalue weighted by Crippen LogP contribution is -2.56. The van der Waals surface area contributed by atoms with Crippen LogP contribution < -0.4 is 0 Å². The molecule has 0 amide bonds. The molecule has 0 spiro atoms. The summed E-state index contributed by atoms with van der Waals surface area (Å²) in [6.07, 6.45) is 8.83. The lowest BCUT2D eigenvalue weighted by Gasteiger charge is -2.46. The van der Waals surface area contributed by atoms with Crippen LogP contribution in [0.2, 0.25) is 0 Å². The number of piperazine rings is 1. The van der Waals surface area contributed by atoms with Crippen molar-refractivity contribution in [3.63, 3.8) is 0 Å². The van der Waals surface area contributed by atoms with Gasteiger partial charge in [-0.2, -0.15) is 0 Å². The maximum absolute atomic E-state index is 2.77. The first-order chi connectivity index (χ1) is 7.83. The first-order valence-corrected chi connectivity index (χ1v) is 7.31. The summed E-state index contributed by atoms with van der Waals surface area (Å²) in [5.41, 5.74) is 0. The fourth-order valence-corrected chi connectivity index (χ4v) is 3.57. The standard InChI is InChI=1S/C14H26N2/c1-12(10-13-5-6-13)16-9-8-15-7-3-2-4-14(15)11-16/h12-14H,2-11H2,1H3. The maximum Gasteiger partial charge on any atom is 0.0223 e. The molecule has 2 atom stereocenters. The number of hydrogen-bond acceptors (Lipinski definition) is 2. The molecule has 16 heavy (non-hydrogen) atoms. The van der Waals surface area contributed by atoms with Crippen LogP contribution in [-0.2, 0) is 0 Å². The van der Waals surface area contributed by atoms with Gasteiger partial charge in [-0.05, 0) is 38.6 Å². The quantitative estimate of drug-likeness (QED) is 0.723. The Balaban J connectivity index is 1.52.